The van der Waals surface area contributed by atoms with Crippen molar-refractivity contribution in [2.45, 2.75) is 25.4 Å². The number of ether oxygens (including phenoxy) is 3. The predicted molar refractivity (Wildman–Crippen MR) is 130 cm³/mol. The summed E-state index contributed by atoms with van der Waals surface area (Å²) in [5.74, 6) is 1.35. The molecule has 1 amide bonds. The lowest BCUT2D eigenvalue weighted by atomic mass is 10.2. The van der Waals surface area contributed by atoms with Crippen LogP contribution in [-0.2, 0) is 16.0 Å². The van der Waals surface area contributed by atoms with Crippen molar-refractivity contribution in [3.8, 4) is 11.5 Å². The van der Waals surface area contributed by atoms with Crippen molar-refractivity contribution in [3.05, 3.63) is 84.4 Å². The average molecular weight is 447 g/mol. The number of nitrogens with one attached hydrogen (secondary N) is 2. The van der Waals surface area contributed by atoms with E-state index in [-0.39, 0.29) is 18.6 Å². The van der Waals surface area contributed by atoms with Crippen molar-refractivity contribution in [2.24, 2.45) is 0 Å². The average Bonchev–Trinajstić information content (AvgIpc) is 3.37. The maximum absolute atomic E-state index is 12.4. The van der Waals surface area contributed by atoms with E-state index in [0.717, 1.165) is 43.1 Å². The first-order chi connectivity index (χ1) is 16.2. The molecule has 0 spiro atoms. The van der Waals surface area contributed by atoms with E-state index < -0.39 is 0 Å². The van der Waals surface area contributed by atoms with E-state index in [1.54, 1.807) is 0 Å². The molecular formula is C27H30N2O4. The van der Waals surface area contributed by atoms with Crippen LogP contribution in [0.25, 0.3) is 0 Å². The van der Waals surface area contributed by atoms with Gasteiger partial charge in [-0.1, -0.05) is 42.5 Å². The fourth-order valence-electron chi connectivity index (χ4n) is 3.64. The molecule has 3 aromatic carbocycles. The molecule has 1 unspecified atom stereocenters. The van der Waals surface area contributed by atoms with Gasteiger partial charge < -0.3 is 24.8 Å². The third-order valence-corrected chi connectivity index (χ3v) is 5.37. The van der Waals surface area contributed by atoms with E-state index >= 15 is 0 Å². The number of benzene rings is 3. The molecule has 0 saturated carbocycles. The topological polar surface area (TPSA) is 68.8 Å². The molecule has 1 atom stereocenters. The van der Waals surface area contributed by atoms with Crippen LogP contribution in [0.5, 0.6) is 11.5 Å². The molecule has 4 rings (SSSR count). The largest absolute Gasteiger partial charge is 0.493 e. The van der Waals surface area contributed by atoms with Crippen LogP contribution >= 0.6 is 0 Å². The molecule has 1 heterocycles. The van der Waals surface area contributed by atoms with Gasteiger partial charge >= 0.3 is 0 Å². The van der Waals surface area contributed by atoms with Gasteiger partial charge in [0.2, 0.25) is 5.91 Å². The van der Waals surface area contributed by atoms with Crippen LogP contribution in [-0.4, -0.2) is 38.4 Å². The van der Waals surface area contributed by atoms with Gasteiger partial charge in [-0.15, -0.1) is 0 Å². The summed E-state index contributed by atoms with van der Waals surface area (Å²) in [6.07, 6.45) is 3.13. The Hall–Kier alpha value is -3.51. The first-order valence-electron chi connectivity index (χ1n) is 11.4. The molecule has 0 aromatic heterocycles. The lowest BCUT2D eigenvalue weighted by Gasteiger charge is -2.13. The van der Waals surface area contributed by atoms with E-state index in [1.165, 1.54) is 5.56 Å². The second-order valence-corrected chi connectivity index (χ2v) is 7.99. The molecule has 6 nitrogen and oxygen atoms in total. The maximum Gasteiger partial charge on any atom is 0.243 e. The van der Waals surface area contributed by atoms with E-state index in [2.05, 4.69) is 22.8 Å². The molecule has 3 aromatic rings. The number of anilines is 2. The SMILES string of the molecule is O=C(CNc1cccc(OCC2CCCO2)c1)Nc1cccc(OCCc2ccccc2)c1. The van der Waals surface area contributed by atoms with E-state index in [9.17, 15) is 4.79 Å². The van der Waals surface area contributed by atoms with Crippen molar-refractivity contribution in [2.75, 3.05) is 37.0 Å². The molecule has 2 N–H and O–H groups in total. The fourth-order valence-corrected chi connectivity index (χ4v) is 3.64. The lowest BCUT2D eigenvalue weighted by Crippen LogP contribution is -2.21. The Balaban J connectivity index is 1.21. The molecule has 6 heteroatoms. The Bertz CT molecular complexity index is 1020. The van der Waals surface area contributed by atoms with Gasteiger partial charge in [0.25, 0.3) is 0 Å². The summed E-state index contributed by atoms with van der Waals surface area (Å²) in [5, 5.41) is 6.05. The number of carbonyl (C=O) groups is 1. The Morgan fingerprint density at radius 1 is 0.909 bits per heavy atom. The summed E-state index contributed by atoms with van der Waals surface area (Å²) in [4.78, 5) is 12.4. The van der Waals surface area contributed by atoms with Crippen molar-refractivity contribution in [3.63, 3.8) is 0 Å². The molecule has 1 aliphatic heterocycles. The summed E-state index contributed by atoms with van der Waals surface area (Å²) in [6, 6.07) is 25.3. The summed E-state index contributed by atoms with van der Waals surface area (Å²) < 4.78 is 17.3. The van der Waals surface area contributed by atoms with Gasteiger partial charge in [-0.3, -0.25) is 4.79 Å². The fraction of sp³-hybridized carbons (Fsp3) is 0.296. The quantitative estimate of drug-likeness (QED) is 0.438. The molecular weight excluding hydrogens is 416 g/mol. The highest BCUT2D eigenvalue weighted by Crippen LogP contribution is 2.20. The molecule has 172 valence electrons. The van der Waals surface area contributed by atoms with Gasteiger partial charge in [-0.25, -0.2) is 0 Å². The molecule has 0 aliphatic carbocycles. The van der Waals surface area contributed by atoms with E-state index in [4.69, 9.17) is 14.2 Å². The van der Waals surface area contributed by atoms with Crippen molar-refractivity contribution in [1.29, 1.82) is 0 Å². The van der Waals surface area contributed by atoms with Crippen LogP contribution in [0.1, 0.15) is 18.4 Å². The van der Waals surface area contributed by atoms with Crippen LogP contribution < -0.4 is 20.1 Å². The highest BCUT2D eigenvalue weighted by atomic mass is 16.5. The summed E-state index contributed by atoms with van der Waals surface area (Å²) in [5.41, 5.74) is 2.76. The van der Waals surface area contributed by atoms with Gasteiger partial charge in [0, 0.05) is 36.5 Å². The third-order valence-electron chi connectivity index (χ3n) is 5.37. The van der Waals surface area contributed by atoms with Gasteiger partial charge in [0.05, 0.1) is 19.3 Å². The normalized spacial score (nSPS) is 15.1. The smallest absolute Gasteiger partial charge is 0.243 e. The zero-order valence-electron chi connectivity index (χ0n) is 18.7. The van der Waals surface area contributed by atoms with Crippen molar-refractivity contribution >= 4 is 17.3 Å². The van der Waals surface area contributed by atoms with Crippen LogP contribution in [0.4, 0.5) is 11.4 Å². The Morgan fingerprint density at radius 3 is 2.45 bits per heavy atom. The number of carbonyl (C=O) groups excluding carboxylic acids is 1. The number of rotatable bonds is 11. The summed E-state index contributed by atoms with van der Waals surface area (Å²) in [6.45, 7) is 2.09. The zero-order valence-corrected chi connectivity index (χ0v) is 18.7. The summed E-state index contributed by atoms with van der Waals surface area (Å²) in [7, 11) is 0. The number of hydrogen-bond donors (Lipinski definition) is 2. The molecule has 1 saturated heterocycles. The van der Waals surface area contributed by atoms with Crippen LogP contribution in [0.3, 0.4) is 0 Å². The maximum atomic E-state index is 12.4. The second-order valence-electron chi connectivity index (χ2n) is 7.99. The van der Waals surface area contributed by atoms with Crippen molar-refractivity contribution < 1.29 is 19.0 Å². The van der Waals surface area contributed by atoms with Crippen LogP contribution in [0, 0.1) is 0 Å². The minimum atomic E-state index is -0.137. The Kier molecular flexibility index (Phi) is 8.19. The molecule has 0 bridgehead atoms. The highest BCUT2D eigenvalue weighted by Gasteiger charge is 2.16. The van der Waals surface area contributed by atoms with Gasteiger partial charge in [0.1, 0.15) is 18.1 Å². The van der Waals surface area contributed by atoms with Gasteiger partial charge in [0.15, 0.2) is 0 Å². The van der Waals surface area contributed by atoms with Crippen LogP contribution in [0.15, 0.2) is 78.9 Å². The lowest BCUT2D eigenvalue weighted by molar-refractivity contribution is -0.114. The minimum absolute atomic E-state index is 0.137. The monoisotopic (exact) mass is 446 g/mol. The summed E-state index contributed by atoms with van der Waals surface area (Å²) >= 11 is 0. The predicted octanol–water partition coefficient (Wildman–Crippen LogP) is 4.92. The first kappa shape index (κ1) is 22.7. The van der Waals surface area contributed by atoms with Gasteiger partial charge in [-0.2, -0.15) is 0 Å². The highest BCUT2D eigenvalue weighted by molar-refractivity contribution is 5.93. The number of hydrogen-bond acceptors (Lipinski definition) is 5. The molecule has 0 radical (unpaired) electrons. The second kappa shape index (κ2) is 11.9. The molecule has 33 heavy (non-hydrogen) atoms. The third kappa shape index (κ3) is 7.54. The van der Waals surface area contributed by atoms with Crippen LogP contribution in [0.2, 0.25) is 0 Å². The van der Waals surface area contributed by atoms with E-state index in [0.29, 0.717) is 18.9 Å². The number of amides is 1. The van der Waals surface area contributed by atoms with Gasteiger partial charge in [-0.05, 0) is 42.7 Å². The minimum Gasteiger partial charge on any atom is -0.493 e. The molecule has 1 fully saturated rings. The standard InChI is InChI=1S/C27H30N2O4/c30-27(19-28-22-9-4-12-25(17-22)33-20-26-13-6-15-31-26)29-23-10-5-11-24(18-23)32-16-14-21-7-2-1-3-8-21/h1-5,7-12,17-18,26,28H,6,13-16,19-20H2,(H,29,30). The Morgan fingerprint density at radius 2 is 1.67 bits per heavy atom. The Labute approximate surface area is 194 Å². The van der Waals surface area contributed by atoms with Crippen molar-refractivity contribution in [1.82, 2.24) is 0 Å². The zero-order chi connectivity index (χ0) is 22.7. The first-order valence-corrected chi connectivity index (χ1v) is 11.4. The van der Waals surface area contributed by atoms with E-state index in [1.807, 2.05) is 66.7 Å². The molecule has 1 aliphatic rings.